The smallest absolute Gasteiger partial charge is 0.119 e. The standard InChI is InChI=1S/C24H34N2O2.2ClH/c1-2-3-19-28-23-11-9-22(10-12-23)25-16-13-24(27)14-17-26(18-15-24)20-21-7-5-4-6-8-21;;/h4-12,25,27H,2-3,13-20H2,1H3;2*1H. The Labute approximate surface area is 193 Å². The molecule has 0 aliphatic carbocycles. The Morgan fingerprint density at radius 1 is 1.00 bits per heavy atom. The highest BCUT2D eigenvalue weighted by Crippen LogP contribution is 2.27. The molecule has 4 nitrogen and oxygen atoms in total. The molecule has 2 N–H and O–H groups in total. The van der Waals surface area contributed by atoms with Gasteiger partial charge >= 0.3 is 0 Å². The number of benzene rings is 2. The minimum atomic E-state index is -0.552. The largest absolute Gasteiger partial charge is 0.494 e. The Bertz CT molecular complexity index is 690. The van der Waals surface area contributed by atoms with Gasteiger partial charge in [0.05, 0.1) is 12.2 Å². The predicted octanol–water partition coefficient (Wildman–Crippen LogP) is 5.54. The van der Waals surface area contributed by atoms with Crippen LogP contribution in [0.5, 0.6) is 5.75 Å². The molecule has 6 heteroatoms. The maximum atomic E-state index is 10.9. The first-order chi connectivity index (χ1) is 13.7. The van der Waals surface area contributed by atoms with Crippen molar-refractivity contribution in [3.8, 4) is 5.75 Å². The zero-order valence-electron chi connectivity index (χ0n) is 17.9. The first-order valence-corrected chi connectivity index (χ1v) is 10.6. The monoisotopic (exact) mass is 454 g/mol. The molecule has 3 rings (SSSR count). The second-order valence-electron chi connectivity index (χ2n) is 7.89. The van der Waals surface area contributed by atoms with E-state index >= 15 is 0 Å². The molecule has 30 heavy (non-hydrogen) atoms. The number of likely N-dealkylation sites (tertiary alicyclic amines) is 1. The molecule has 0 radical (unpaired) electrons. The number of unbranched alkanes of at least 4 members (excludes halogenated alkanes) is 1. The lowest BCUT2D eigenvalue weighted by atomic mass is 9.88. The lowest BCUT2D eigenvalue weighted by molar-refractivity contribution is -0.0266. The van der Waals surface area contributed by atoms with Crippen molar-refractivity contribution >= 4 is 30.5 Å². The summed E-state index contributed by atoms with van der Waals surface area (Å²) in [5.41, 5.74) is 1.87. The average Bonchev–Trinajstić information content (AvgIpc) is 2.72. The van der Waals surface area contributed by atoms with Gasteiger partial charge in [-0.25, -0.2) is 0 Å². The third-order valence-corrected chi connectivity index (χ3v) is 5.58. The van der Waals surface area contributed by atoms with Crippen LogP contribution < -0.4 is 10.1 Å². The molecule has 0 unspecified atom stereocenters. The third-order valence-electron chi connectivity index (χ3n) is 5.58. The van der Waals surface area contributed by atoms with Crippen molar-refractivity contribution in [2.45, 2.75) is 51.2 Å². The number of piperidine rings is 1. The summed E-state index contributed by atoms with van der Waals surface area (Å²) in [5.74, 6) is 0.920. The zero-order chi connectivity index (χ0) is 19.7. The van der Waals surface area contributed by atoms with Crippen LogP contribution in [0, 0.1) is 0 Å². The molecule has 1 aliphatic heterocycles. The van der Waals surface area contributed by atoms with Gasteiger partial charge < -0.3 is 15.2 Å². The fourth-order valence-electron chi connectivity index (χ4n) is 3.66. The fraction of sp³-hybridized carbons (Fsp3) is 0.500. The summed E-state index contributed by atoms with van der Waals surface area (Å²) < 4.78 is 5.70. The molecule has 2 aromatic rings. The Kier molecular flexibility index (Phi) is 12.2. The molecule has 2 aromatic carbocycles. The summed E-state index contributed by atoms with van der Waals surface area (Å²) in [6.45, 7) is 6.60. The van der Waals surface area contributed by atoms with E-state index in [1.165, 1.54) is 5.56 Å². The number of aliphatic hydroxyl groups is 1. The van der Waals surface area contributed by atoms with Gasteiger partial charge in [0.15, 0.2) is 0 Å². The maximum absolute atomic E-state index is 10.9. The zero-order valence-corrected chi connectivity index (χ0v) is 19.5. The highest BCUT2D eigenvalue weighted by atomic mass is 35.5. The molecule has 1 fully saturated rings. The summed E-state index contributed by atoms with van der Waals surface area (Å²) in [5, 5.41) is 14.3. The van der Waals surface area contributed by atoms with Gasteiger partial charge in [0.1, 0.15) is 5.75 Å². The molecule has 1 aliphatic rings. The Morgan fingerprint density at radius 3 is 2.30 bits per heavy atom. The van der Waals surface area contributed by atoms with Crippen LogP contribution in [0.25, 0.3) is 0 Å². The molecule has 1 saturated heterocycles. The topological polar surface area (TPSA) is 44.7 Å². The van der Waals surface area contributed by atoms with Crippen LogP contribution in [0.4, 0.5) is 5.69 Å². The molecule has 0 spiro atoms. The highest BCUT2D eigenvalue weighted by molar-refractivity contribution is 5.85. The van der Waals surface area contributed by atoms with Crippen molar-refractivity contribution in [3.05, 3.63) is 60.2 Å². The van der Waals surface area contributed by atoms with Crippen molar-refractivity contribution in [3.63, 3.8) is 0 Å². The summed E-state index contributed by atoms with van der Waals surface area (Å²) in [6, 6.07) is 18.7. The molecule has 0 bridgehead atoms. The van der Waals surface area contributed by atoms with Crippen LogP contribution in [0.1, 0.15) is 44.6 Å². The van der Waals surface area contributed by atoms with E-state index in [1.807, 2.05) is 24.3 Å². The minimum Gasteiger partial charge on any atom is -0.494 e. The van der Waals surface area contributed by atoms with E-state index in [2.05, 4.69) is 47.5 Å². The van der Waals surface area contributed by atoms with Gasteiger partial charge in [0.25, 0.3) is 0 Å². The molecule has 0 saturated carbocycles. The highest BCUT2D eigenvalue weighted by Gasteiger charge is 2.31. The quantitative estimate of drug-likeness (QED) is 0.462. The Hall–Kier alpha value is -1.46. The fourth-order valence-corrected chi connectivity index (χ4v) is 3.66. The van der Waals surface area contributed by atoms with E-state index in [4.69, 9.17) is 4.74 Å². The molecular weight excluding hydrogens is 419 g/mol. The van der Waals surface area contributed by atoms with Gasteiger partial charge in [-0.15, -0.1) is 24.8 Å². The van der Waals surface area contributed by atoms with Crippen LogP contribution in [-0.4, -0.2) is 41.8 Å². The SMILES string of the molecule is CCCCOc1ccc(NCCC2(O)CCN(Cc3ccccc3)CC2)cc1.Cl.Cl. The van der Waals surface area contributed by atoms with Crippen molar-refractivity contribution in [2.24, 2.45) is 0 Å². The van der Waals surface area contributed by atoms with Gasteiger partial charge in [-0.1, -0.05) is 43.7 Å². The first-order valence-electron chi connectivity index (χ1n) is 10.6. The number of rotatable bonds is 10. The molecule has 0 atom stereocenters. The molecular formula is C24H36Cl2N2O2. The van der Waals surface area contributed by atoms with E-state index in [0.717, 1.165) is 76.3 Å². The van der Waals surface area contributed by atoms with Crippen LogP contribution in [0.3, 0.4) is 0 Å². The van der Waals surface area contributed by atoms with Crippen LogP contribution in [-0.2, 0) is 6.54 Å². The van der Waals surface area contributed by atoms with Gasteiger partial charge in [0.2, 0.25) is 0 Å². The second kappa shape index (κ2) is 13.8. The van der Waals surface area contributed by atoms with Gasteiger partial charge in [-0.05, 0) is 55.5 Å². The average molecular weight is 455 g/mol. The summed E-state index contributed by atoms with van der Waals surface area (Å²) >= 11 is 0. The van der Waals surface area contributed by atoms with Crippen LogP contribution in [0.15, 0.2) is 54.6 Å². The minimum absolute atomic E-state index is 0. The van der Waals surface area contributed by atoms with E-state index < -0.39 is 5.60 Å². The number of hydrogen-bond acceptors (Lipinski definition) is 4. The number of hydrogen-bond donors (Lipinski definition) is 2. The molecule has 1 heterocycles. The van der Waals surface area contributed by atoms with E-state index in [-0.39, 0.29) is 24.8 Å². The molecule has 168 valence electrons. The number of halogens is 2. The van der Waals surface area contributed by atoms with E-state index in [1.54, 1.807) is 0 Å². The third kappa shape index (κ3) is 8.73. The Morgan fingerprint density at radius 2 is 1.67 bits per heavy atom. The normalized spacial score (nSPS) is 15.5. The number of ether oxygens (including phenoxy) is 1. The van der Waals surface area contributed by atoms with Crippen LogP contribution in [0.2, 0.25) is 0 Å². The van der Waals surface area contributed by atoms with Gasteiger partial charge in [-0.3, -0.25) is 4.90 Å². The summed E-state index contributed by atoms with van der Waals surface area (Å²) in [4.78, 5) is 2.44. The predicted molar refractivity (Wildman–Crippen MR) is 130 cm³/mol. The molecule has 0 aromatic heterocycles. The number of nitrogens with one attached hydrogen (secondary N) is 1. The summed E-state index contributed by atoms with van der Waals surface area (Å²) in [7, 11) is 0. The van der Waals surface area contributed by atoms with E-state index in [0.29, 0.717) is 0 Å². The summed E-state index contributed by atoms with van der Waals surface area (Å²) in [6.07, 6.45) is 4.69. The Balaban J connectivity index is 0.00000225. The van der Waals surface area contributed by atoms with E-state index in [9.17, 15) is 5.11 Å². The first kappa shape index (κ1) is 26.6. The van der Waals surface area contributed by atoms with Crippen molar-refractivity contribution in [1.29, 1.82) is 0 Å². The van der Waals surface area contributed by atoms with Crippen molar-refractivity contribution in [2.75, 3.05) is 31.6 Å². The van der Waals surface area contributed by atoms with Gasteiger partial charge in [-0.2, -0.15) is 0 Å². The molecule has 0 amide bonds. The lowest BCUT2D eigenvalue weighted by Gasteiger charge is -2.38. The second-order valence-corrected chi connectivity index (χ2v) is 7.89. The van der Waals surface area contributed by atoms with Crippen molar-refractivity contribution < 1.29 is 9.84 Å². The van der Waals surface area contributed by atoms with Gasteiger partial charge in [0, 0.05) is 31.9 Å². The van der Waals surface area contributed by atoms with Crippen LogP contribution >= 0.6 is 24.8 Å². The lowest BCUT2D eigenvalue weighted by Crippen LogP contribution is -2.44. The van der Waals surface area contributed by atoms with Crippen molar-refractivity contribution in [1.82, 2.24) is 4.90 Å². The maximum Gasteiger partial charge on any atom is 0.119 e. The number of anilines is 1. The number of nitrogens with zero attached hydrogens (tertiary/aromatic N) is 1.